The molecule has 0 radical (unpaired) electrons. The van der Waals surface area contributed by atoms with Crippen LogP contribution in [-0.2, 0) is 19.2 Å². The number of carbonyl (C=O) groups excluding carboxylic acids is 1. The average molecular weight is 243 g/mol. The molecule has 16 heavy (non-hydrogen) atoms. The predicted octanol–water partition coefficient (Wildman–Crippen LogP) is 1.14. The number of nitrogens with one attached hydrogen (secondary N) is 1. The molecule has 0 atom stereocenters. The van der Waals surface area contributed by atoms with Crippen LogP contribution in [0.2, 0.25) is 0 Å². The van der Waals surface area contributed by atoms with Crippen molar-refractivity contribution < 1.29 is 17.5 Å². The fourth-order valence-corrected chi connectivity index (χ4v) is 1.69. The molecule has 1 aromatic rings. The minimum atomic E-state index is -3.91. The molecule has 0 heterocycles. The smallest absolute Gasteiger partial charge is 0.273 e. The van der Waals surface area contributed by atoms with Crippen LogP contribution in [0.4, 0.5) is 0 Å². The second kappa shape index (κ2) is 5.09. The third-order valence-corrected chi connectivity index (χ3v) is 3.05. The van der Waals surface area contributed by atoms with Crippen molar-refractivity contribution in [1.29, 1.82) is 0 Å². The van der Waals surface area contributed by atoms with Crippen molar-refractivity contribution in [1.82, 2.24) is 5.48 Å². The summed E-state index contributed by atoms with van der Waals surface area (Å²) >= 11 is 0. The maximum atomic E-state index is 11.5. The van der Waals surface area contributed by atoms with E-state index >= 15 is 0 Å². The Balaban J connectivity index is 2.78. The lowest BCUT2D eigenvalue weighted by Gasteiger charge is -2.05. The maximum absolute atomic E-state index is 11.5. The van der Waals surface area contributed by atoms with Gasteiger partial charge >= 0.3 is 10.1 Å². The highest BCUT2D eigenvalue weighted by Crippen LogP contribution is 2.11. The SMILES string of the molecule is CCC(=O)NOS(=O)(=O)c1ccc(C)cc1. The monoisotopic (exact) mass is 243 g/mol. The van der Waals surface area contributed by atoms with Crippen LogP contribution < -0.4 is 5.48 Å². The highest BCUT2D eigenvalue weighted by atomic mass is 32.2. The van der Waals surface area contributed by atoms with Crippen molar-refractivity contribution in [2.75, 3.05) is 0 Å². The Labute approximate surface area is 94.5 Å². The third-order valence-electron chi connectivity index (χ3n) is 1.90. The summed E-state index contributed by atoms with van der Waals surface area (Å²) in [4.78, 5) is 10.9. The molecule has 0 aliphatic carbocycles. The Morgan fingerprint density at radius 1 is 1.31 bits per heavy atom. The largest absolute Gasteiger partial charge is 0.317 e. The molecule has 0 aliphatic rings. The zero-order chi connectivity index (χ0) is 12.2. The van der Waals surface area contributed by atoms with Gasteiger partial charge in [0.05, 0.1) is 4.90 Å². The lowest BCUT2D eigenvalue weighted by molar-refractivity contribution is -0.127. The molecule has 0 aliphatic heterocycles. The van der Waals surface area contributed by atoms with Gasteiger partial charge in [0, 0.05) is 6.42 Å². The summed E-state index contributed by atoms with van der Waals surface area (Å²) in [6, 6.07) is 6.14. The molecular formula is C10H13NO4S. The summed E-state index contributed by atoms with van der Waals surface area (Å²) in [5.74, 6) is -0.490. The van der Waals surface area contributed by atoms with Gasteiger partial charge in [-0.05, 0) is 19.1 Å². The number of hydrogen-bond donors (Lipinski definition) is 1. The Morgan fingerprint density at radius 3 is 2.38 bits per heavy atom. The lowest BCUT2D eigenvalue weighted by Crippen LogP contribution is -2.26. The minimum absolute atomic E-state index is 0.00880. The molecule has 0 bridgehead atoms. The molecular weight excluding hydrogens is 230 g/mol. The number of hydrogen-bond acceptors (Lipinski definition) is 4. The third kappa shape index (κ3) is 3.32. The van der Waals surface area contributed by atoms with Crippen LogP contribution in [0.25, 0.3) is 0 Å². The van der Waals surface area contributed by atoms with Gasteiger partial charge in [-0.15, -0.1) is 4.28 Å². The fraction of sp³-hybridized carbons (Fsp3) is 0.300. The predicted molar refractivity (Wildman–Crippen MR) is 57.9 cm³/mol. The summed E-state index contributed by atoms with van der Waals surface area (Å²) in [7, 11) is -3.91. The minimum Gasteiger partial charge on any atom is -0.273 e. The highest BCUT2D eigenvalue weighted by molar-refractivity contribution is 7.86. The molecule has 1 amide bonds. The zero-order valence-electron chi connectivity index (χ0n) is 9.06. The molecule has 0 saturated carbocycles. The van der Waals surface area contributed by atoms with Crippen molar-refractivity contribution in [2.45, 2.75) is 25.2 Å². The van der Waals surface area contributed by atoms with E-state index in [1.807, 2.05) is 12.4 Å². The number of rotatable bonds is 4. The van der Waals surface area contributed by atoms with Crippen LogP contribution in [0.3, 0.4) is 0 Å². The van der Waals surface area contributed by atoms with Crippen LogP contribution in [0, 0.1) is 6.92 Å². The number of aryl methyl sites for hydroxylation is 1. The molecule has 1 N–H and O–H groups in total. The van der Waals surface area contributed by atoms with Crippen LogP contribution in [0.1, 0.15) is 18.9 Å². The van der Waals surface area contributed by atoms with Crippen LogP contribution in [0.15, 0.2) is 29.2 Å². The van der Waals surface area contributed by atoms with Crippen molar-refractivity contribution in [3.63, 3.8) is 0 Å². The molecule has 0 unspecified atom stereocenters. The second-order valence-electron chi connectivity index (χ2n) is 3.23. The van der Waals surface area contributed by atoms with E-state index in [9.17, 15) is 13.2 Å². The Bertz CT molecular complexity index is 464. The summed E-state index contributed by atoms with van der Waals surface area (Å²) in [5.41, 5.74) is 2.80. The molecule has 0 fully saturated rings. The molecule has 0 aromatic heterocycles. The number of carbonyl (C=O) groups is 1. The van der Waals surface area contributed by atoms with Gasteiger partial charge in [0.25, 0.3) is 0 Å². The first-order chi connectivity index (χ1) is 7.45. The molecule has 6 heteroatoms. The Hall–Kier alpha value is -1.40. The molecule has 5 nitrogen and oxygen atoms in total. The van der Waals surface area contributed by atoms with Gasteiger partial charge in [-0.3, -0.25) is 4.79 Å². The quantitative estimate of drug-likeness (QED) is 0.805. The van der Waals surface area contributed by atoms with Crippen LogP contribution in [-0.4, -0.2) is 14.3 Å². The van der Waals surface area contributed by atoms with E-state index in [0.29, 0.717) is 0 Å². The van der Waals surface area contributed by atoms with E-state index < -0.39 is 16.0 Å². The van der Waals surface area contributed by atoms with E-state index in [0.717, 1.165) is 5.56 Å². The molecule has 1 aromatic carbocycles. The van der Waals surface area contributed by atoms with Gasteiger partial charge in [0.1, 0.15) is 0 Å². The first-order valence-corrected chi connectivity index (χ1v) is 6.15. The normalized spacial score (nSPS) is 11.1. The van der Waals surface area contributed by atoms with Gasteiger partial charge < -0.3 is 0 Å². The summed E-state index contributed by atoms with van der Waals surface area (Å²) in [6.45, 7) is 3.44. The topological polar surface area (TPSA) is 72.5 Å². The van der Waals surface area contributed by atoms with Crippen molar-refractivity contribution in [3.8, 4) is 0 Å². The van der Waals surface area contributed by atoms with Crippen molar-refractivity contribution >= 4 is 16.0 Å². The van der Waals surface area contributed by atoms with Gasteiger partial charge in [-0.25, -0.2) is 5.48 Å². The van der Waals surface area contributed by atoms with Gasteiger partial charge in [0.15, 0.2) is 0 Å². The number of amides is 1. The summed E-state index contributed by atoms with van der Waals surface area (Å²) < 4.78 is 27.4. The van der Waals surface area contributed by atoms with E-state index in [-0.39, 0.29) is 11.3 Å². The highest BCUT2D eigenvalue weighted by Gasteiger charge is 2.16. The van der Waals surface area contributed by atoms with E-state index in [2.05, 4.69) is 4.28 Å². The van der Waals surface area contributed by atoms with E-state index in [1.165, 1.54) is 12.1 Å². The Kier molecular flexibility index (Phi) is 4.03. The summed E-state index contributed by atoms with van der Waals surface area (Å²) in [5, 5.41) is 0. The van der Waals surface area contributed by atoms with Gasteiger partial charge in [0.2, 0.25) is 5.91 Å². The molecule has 1 rings (SSSR count). The van der Waals surface area contributed by atoms with Crippen molar-refractivity contribution in [2.24, 2.45) is 0 Å². The molecule has 0 spiro atoms. The lowest BCUT2D eigenvalue weighted by atomic mass is 10.2. The standard InChI is InChI=1S/C10H13NO4S/c1-3-10(12)11-15-16(13,14)9-6-4-8(2)5-7-9/h4-7H,3H2,1-2H3,(H,11,12). The molecule has 88 valence electrons. The number of benzene rings is 1. The first-order valence-electron chi connectivity index (χ1n) is 4.74. The second-order valence-corrected chi connectivity index (χ2v) is 4.78. The molecule has 0 saturated heterocycles. The fourth-order valence-electron chi connectivity index (χ4n) is 0.927. The van der Waals surface area contributed by atoms with Crippen LogP contribution in [0.5, 0.6) is 0 Å². The maximum Gasteiger partial charge on any atom is 0.317 e. The average Bonchev–Trinajstić information content (AvgIpc) is 2.26. The summed E-state index contributed by atoms with van der Waals surface area (Å²) in [6.07, 6.45) is 0.156. The first kappa shape index (κ1) is 12.7. The van der Waals surface area contributed by atoms with Gasteiger partial charge in [-0.2, -0.15) is 8.42 Å². The van der Waals surface area contributed by atoms with Gasteiger partial charge in [-0.1, -0.05) is 24.6 Å². The number of hydroxylamine groups is 1. The van der Waals surface area contributed by atoms with E-state index in [4.69, 9.17) is 0 Å². The Morgan fingerprint density at radius 2 is 1.88 bits per heavy atom. The van der Waals surface area contributed by atoms with E-state index in [1.54, 1.807) is 19.1 Å². The van der Waals surface area contributed by atoms with Crippen molar-refractivity contribution in [3.05, 3.63) is 29.8 Å². The zero-order valence-corrected chi connectivity index (χ0v) is 9.87. The van der Waals surface area contributed by atoms with Crippen LogP contribution >= 0.6 is 0 Å².